The lowest BCUT2D eigenvalue weighted by molar-refractivity contribution is -0.165. The van der Waals surface area contributed by atoms with Crippen molar-refractivity contribution in [1.82, 2.24) is 5.32 Å². The molecule has 0 saturated heterocycles. The number of hydrogen-bond donors (Lipinski definition) is 2. The quantitative estimate of drug-likeness (QED) is 0.536. The monoisotopic (exact) mass is 223 g/mol. The van der Waals surface area contributed by atoms with Crippen molar-refractivity contribution in [1.29, 1.82) is 0 Å². The number of hydrogen-bond acceptors (Lipinski definition) is 3. The fourth-order valence-corrected chi connectivity index (χ4v) is 0.525. The molecule has 7 heteroatoms. The number of halogens is 3. The summed E-state index contributed by atoms with van der Waals surface area (Å²) >= 11 is 0. The molecule has 0 rings (SSSR count). The summed E-state index contributed by atoms with van der Waals surface area (Å²) in [6.45, 7) is 0.0218. The number of carboxylic acid groups (broad SMARTS) is 1. The van der Waals surface area contributed by atoms with Crippen molar-refractivity contribution < 1.29 is 27.9 Å². The number of carbonyl (C=O) groups excluding carboxylic acids is 1. The van der Waals surface area contributed by atoms with Crippen LogP contribution in [0.2, 0.25) is 0 Å². The van der Waals surface area contributed by atoms with Gasteiger partial charge in [-0.05, 0) is 0 Å². The van der Waals surface area contributed by atoms with Gasteiger partial charge < -0.3 is 10.4 Å². The molecule has 0 heterocycles. The van der Waals surface area contributed by atoms with Crippen molar-refractivity contribution in [2.45, 2.75) is 6.18 Å². The second-order valence-electron chi connectivity index (χ2n) is 2.34. The van der Waals surface area contributed by atoms with Crippen LogP contribution in [0.1, 0.15) is 0 Å². The highest BCUT2D eigenvalue weighted by atomic mass is 19.4. The van der Waals surface area contributed by atoms with Crippen molar-refractivity contribution in [3.05, 3.63) is 24.4 Å². The fraction of sp³-hybridized carbons (Fsp3) is 0.250. The van der Waals surface area contributed by atoms with Gasteiger partial charge in [0.1, 0.15) is 0 Å². The van der Waals surface area contributed by atoms with E-state index in [4.69, 9.17) is 5.11 Å². The Labute approximate surface area is 83.1 Å². The fourth-order valence-electron chi connectivity index (χ4n) is 0.525. The summed E-state index contributed by atoms with van der Waals surface area (Å²) in [6, 6.07) is 0. The summed E-state index contributed by atoms with van der Waals surface area (Å²) in [5.41, 5.74) is 0. The summed E-state index contributed by atoms with van der Waals surface area (Å²) in [5, 5.41) is 10.4. The number of aliphatic carboxylic acids is 1. The highest BCUT2D eigenvalue weighted by molar-refractivity contribution is 5.94. The number of ketones is 1. The third kappa shape index (κ3) is 7.29. The van der Waals surface area contributed by atoms with Crippen molar-refractivity contribution in [3.63, 3.8) is 0 Å². The Morgan fingerprint density at radius 3 is 2.33 bits per heavy atom. The molecule has 0 aromatic carbocycles. The zero-order valence-electron chi connectivity index (χ0n) is 7.41. The molecule has 0 aliphatic heterocycles. The molecule has 0 bridgehead atoms. The van der Waals surface area contributed by atoms with Gasteiger partial charge in [0.2, 0.25) is 0 Å². The maximum atomic E-state index is 11.6. The molecular formula is C8H8F3NO3. The Kier molecular flexibility index (Phi) is 5.14. The summed E-state index contributed by atoms with van der Waals surface area (Å²) in [7, 11) is 0. The normalized spacial score (nSPS) is 12.2. The third-order valence-corrected chi connectivity index (χ3v) is 1.13. The molecule has 0 aliphatic carbocycles. The molecule has 2 N–H and O–H groups in total. The van der Waals surface area contributed by atoms with E-state index in [1.54, 1.807) is 0 Å². The molecule has 0 atom stereocenters. The van der Waals surface area contributed by atoms with E-state index >= 15 is 0 Å². The highest BCUT2D eigenvalue weighted by Gasteiger charge is 2.35. The Bertz CT molecular complexity index is 294. The van der Waals surface area contributed by atoms with E-state index in [2.05, 4.69) is 5.32 Å². The van der Waals surface area contributed by atoms with Crippen LogP contribution in [0.3, 0.4) is 0 Å². The Morgan fingerprint density at radius 1 is 1.27 bits per heavy atom. The Balaban J connectivity index is 3.83. The zero-order chi connectivity index (χ0) is 11.9. The summed E-state index contributed by atoms with van der Waals surface area (Å²) in [5.74, 6) is -3.13. The summed E-state index contributed by atoms with van der Waals surface area (Å²) < 4.78 is 34.8. The summed E-state index contributed by atoms with van der Waals surface area (Å²) in [6.07, 6.45) is -1.73. The van der Waals surface area contributed by atoms with E-state index in [-0.39, 0.29) is 6.54 Å². The molecule has 4 nitrogen and oxygen atoms in total. The van der Waals surface area contributed by atoms with Crippen LogP contribution >= 0.6 is 0 Å². The molecule has 84 valence electrons. The van der Waals surface area contributed by atoms with E-state index in [9.17, 15) is 22.8 Å². The second-order valence-corrected chi connectivity index (χ2v) is 2.34. The molecule has 0 aromatic heterocycles. The highest BCUT2D eigenvalue weighted by Crippen LogP contribution is 2.15. The molecule has 0 saturated carbocycles. The lowest BCUT2D eigenvalue weighted by atomic mass is 10.4. The second kappa shape index (κ2) is 5.84. The smallest absolute Gasteiger partial charge is 0.454 e. The van der Waals surface area contributed by atoms with E-state index in [1.165, 1.54) is 6.08 Å². The van der Waals surface area contributed by atoms with E-state index in [1.807, 2.05) is 0 Å². The van der Waals surface area contributed by atoms with Gasteiger partial charge in [0.15, 0.2) is 0 Å². The van der Waals surface area contributed by atoms with Gasteiger partial charge in [-0.2, -0.15) is 13.2 Å². The van der Waals surface area contributed by atoms with Gasteiger partial charge in [-0.1, -0.05) is 6.08 Å². The van der Waals surface area contributed by atoms with E-state index < -0.39 is 17.9 Å². The first-order chi connectivity index (χ1) is 6.84. The molecule has 0 aromatic rings. The minimum Gasteiger partial charge on any atom is -0.478 e. The van der Waals surface area contributed by atoms with Crippen LogP contribution in [0.4, 0.5) is 13.2 Å². The van der Waals surface area contributed by atoms with Gasteiger partial charge in [0, 0.05) is 24.9 Å². The number of carboxylic acids is 1. The van der Waals surface area contributed by atoms with Gasteiger partial charge in [0.05, 0.1) is 0 Å². The first-order valence-electron chi connectivity index (χ1n) is 3.74. The molecule has 0 radical (unpaired) electrons. The van der Waals surface area contributed by atoms with Gasteiger partial charge in [-0.3, -0.25) is 4.79 Å². The largest absolute Gasteiger partial charge is 0.478 e. The van der Waals surface area contributed by atoms with Crippen molar-refractivity contribution in [3.8, 4) is 0 Å². The maximum absolute atomic E-state index is 11.6. The third-order valence-electron chi connectivity index (χ3n) is 1.13. The van der Waals surface area contributed by atoms with Gasteiger partial charge in [-0.15, -0.1) is 0 Å². The number of carbonyl (C=O) groups is 2. The summed E-state index contributed by atoms with van der Waals surface area (Å²) in [4.78, 5) is 20.2. The van der Waals surface area contributed by atoms with Crippen LogP contribution in [0.15, 0.2) is 24.4 Å². The van der Waals surface area contributed by atoms with Gasteiger partial charge in [-0.25, -0.2) is 4.79 Å². The predicted molar refractivity (Wildman–Crippen MR) is 45.0 cm³/mol. The average Bonchev–Trinajstić information content (AvgIpc) is 2.08. The average molecular weight is 223 g/mol. The first-order valence-corrected chi connectivity index (χ1v) is 3.74. The first kappa shape index (κ1) is 13.2. The van der Waals surface area contributed by atoms with Crippen LogP contribution in [-0.2, 0) is 9.59 Å². The lowest BCUT2D eigenvalue weighted by Gasteiger charge is -1.99. The topological polar surface area (TPSA) is 66.4 Å². The molecular weight excluding hydrogens is 215 g/mol. The van der Waals surface area contributed by atoms with Crippen molar-refractivity contribution in [2.75, 3.05) is 6.54 Å². The maximum Gasteiger partial charge on any atom is 0.454 e. The Hall–Kier alpha value is -1.79. The van der Waals surface area contributed by atoms with Gasteiger partial charge in [0.25, 0.3) is 5.78 Å². The van der Waals surface area contributed by atoms with Crippen molar-refractivity contribution >= 4 is 11.8 Å². The molecule has 0 unspecified atom stereocenters. The van der Waals surface area contributed by atoms with Crippen LogP contribution in [0.25, 0.3) is 0 Å². The number of allylic oxidation sites excluding steroid dienone is 1. The zero-order valence-corrected chi connectivity index (χ0v) is 7.41. The molecule has 0 aliphatic rings. The number of rotatable bonds is 5. The predicted octanol–water partition coefficient (Wildman–Crippen LogP) is 0.862. The SMILES string of the molecule is O=C(O)C=CCNC=CC(=O)C(F)(F)F. The van der Waals surface area contributed by atoms with E-state index in [0.29, 0.717) is 6.08 Å². The van der Waals surface area contributed by atoms with Crippen molar-refractivity contribution in [2.24, 2.45) is 0 Å². The van der Waals surface area contributed by atoms with E-state index in [0.717, 1.165) is 12.3 Å². The molecule has 0 fully saturated rings. The lowest BCUT2D eigenvalue weighted by Crippen LogP contribution is -2.20. The minimum absolute atomic E-state index is 0.0218. The van der Waals surface area contributed by atoms with Crippen LogP contribution in [0.5, 0.6) is 0 Å². The number of nitrogens with one attached hydrogen (secondary N) is 1. The van der Waals surface area contributed by atoms with Crippen LogP contribution in [-0.4, -0.2) is 29.6 Å². The van der Waals surface area contributed by atoms with Crippen LogP contribution in [0, 0.1) is 0 Å². The molecule has 0 spiro atoms. The standard InChI is InChI=1S/C8H8F3NO3/c9-8(10,11)6(13)3-5-12-4-1-2-7(14)15/h1-3,5,12H,4H2,(H,14,15). The molecule has 15 heavy (non-hydrogen) atoms. The minimum atomic E-state index is -4.88. The molecule has 0 amide bonds. The Morgan fingerprint density at radius 2 is 1.87 bits per heavy atom. The van der Waals surface area contributed by atoms with Gasteiger partial charge >= 0.3 is 12.1 Å². The van der Waals surface area contributed by atoms with Crippen LogP contribution < -0.4 is 5.32 Å². The number of alkyl halides is 3.